The first-order chi connectivity index (χ1) is 10.1. The van der Waals surface area contributed by atoms with Crippen molar-refractivity contribution in [3.8, 4) is 0 Å². The molecule has 0 saturated heterocycles. The predicted molar refractivity (Wildman–Crippen MR) is 82.0 cm³/mol. The maximum Gasteiger partial charge on any atom is 0.263 e. The maximum atomic E-state index is 12.6. The molecule has 1 aromatic rings. The summed E-state index contributed by atoms with van der Waals surface area (Å²) in [6.07, 6.45) is 6.54. The Hall–Kier alpha value is -1.84. The standard InChI is InChI=1S/C17H22N2O2/c1-2-4-11-7-9-12(10-8-11)19-16(20)13-5-3-6-14(18)15(13)17(19)21/h3,5-6,11-12H,2,4,7-10,18H2,1H3. The van der Waals surface area contributed by atoms with Gasteiger partial charge < -0.3 is 5.73 Å². The Balaban J connectivity index is 1.78. The van der Waals surface area contributed by atoms with Crippen LogP contribution in [0.3, 0.4) is 0 Å². The highest BCUT2D eigenvalue weighted by atomic mass is 16.2. The Morgan fingerprint density at radius 2 is 1.86 bits per heavy atom. The second-order valence-corrected chi connectivity index (χ2v) is 6.21. The topological polar surface area (TPSA) is 63.4 Å². The summed E-state index contributed by atoms with van der Waals surface area (Å²) in [5.74, 6) is 0.389. The van der Waals surface area contributed by atoms with Gasteiger partial charge in [0.15, 0.2) is 0 Å². The number of nitrogens with two attached hydrogens (primary N) is 1. The van der Waals surface area contributed by atoms with Gasteiger partial charge in [-0.2, -0.15) is 0 Å². The van der Waals surface area contributed by atoms with Gasteiger partial charge in [0.1, 0.15) is 0 Å². The van der Waals surface area contributed by atoms with Gasteiger partial charge in [-0.15, -0.1) is 0 Å². The van der Waals surface area contributed by atoms with Crippen molar-refractivity contribution in [2.75, 3.05) is 5.73 Å². The van der Waals surface area contributed by atoms with Gasteiger partial charge in [0.2, 0.25) is 0 Å². The Bertz CT molecular complexity index is 574. The van der Waals surface area contributed by atoms with E-state index in [1.165, 1.54) is 17.7 Å². The fraction of sp³-hybridized carbons (Fsp3) is 0.529. The van der Waals surface area contributed by atoms with E-state index in [1.54, 1.807) is 18.2 Å². The molecule has 0 unspecified atom stereocenters. The van der Waals surface area contributed by atoms with Crippen LogP contribution < -0.4 is 5.73 Å². The molecule has 0 spiro atoms. The fourth-order valence-electron chi connectivity index (χ4n) is 3.76. The van der Waals surface area contributed by atoms with E-state index >= 15 is 0 Å². The van der Waals surface area contributed by atoms with Crippen LogP contribution in [0.4, 0.5) is 5.69 Å². The van der Waals surface area contributed by atoms with Crippen LogP contribution in [0.25, 0.3) is 0 Å². The molecule has 1 saturated carbocycles. The average Bonchev–Trinajstić information content (AvgIpc) is 2.74. The van der Waals surface area contributed by atoms with Gasteiger partial charge in [0.05, 0.1) is 11.1 Å². The van der Waals surface area contributed by atoms with Crippen LogP contribution in [0.5, 0.6) is 0 Å². The van der Waals surface area contributed by atoms with Crippen LogP contribution in [-0.4, -0.2) is 22.8 Å². The predicted octanol–water partition coefficient (Wildman–Crippen LogP) is 3.22. The molecule has 2 N–H and O–H groups in total. The van der Waals surface area contributed by atoms with E-state index in [2.05, 4.69) is 6.92 Å². The third-order valence-electron chi connectivity index (χ3n) is 4.86. The molecule has 1 aliphatic heterocycles. The van der Waals surface area contributed by atoms with E-state index in [-0.39, 0.29) is 17.9 Å². The molecule has 0 aromatic heterocycles. The van der Waals surface area contributed by atoms with Gasteiger partial charge in [-0.1, -0.05) is 25.8 Å². The molecular weight excluding hydrogens is 264 g/mol. The van der Waals surface area contributed by atoms with Gasteiger partial charge in [-0.3, -0.25) is 14.5 Å². The minimum atomic E-state index is -0.202. The first-order valence-electron chi connectivity index (χ1n) is 7.89. The van der Waals surface area contributed by atoms with Gasteiger partial charge in [0.25, 0.3) is 11.8 Å². The Morgan fingerprint density at radius 1 is 1.14 bits per heavy atom. The SMILES string of the molecule is CCCC1CCC(N2C(=O)c3cccc(N)c3C2=O)CC1. The van der Waals surface area contributed by atoms with Gasteiger partial charge >= 0.3 is 0 Å². The lowest BCUT2D eigenvalue weighted by molar-refractivity contribution is 0.0528. The molecule has 112 valence electrons. The molecule has 21 heavy (non-hydrogen) atoms. The van der Waals surface area contributed by atoms with Crippen molar-refractivity contribution in [2.24, 2.45) is 5.92 Å². The summed E-state index contributed by atoms with van der Waals surface area (Å²) in [6.45, 7) is 2.21. The number of carbonyl (C=O) groups excluding carboxylic acids is 2. The zero-order valence-corrected chi connectivity index (χ0v) is 12.5. The minimum absolute atomic E-state index is 0.0462. The van der Waals surface area contributed by atoms with Crippen LogP contribution in [0.2, 0.25) is 0 Å². The lowest BCUT2D eigenvalue weighted by Gasteiger charge is -2.33. The first-order valence-corrected chi connectivity index (χ1v) is 7.89. The molecule has 2 amide bonds. The number of hydrogen-bond acceptors (Lipinski definition) is 3. The van der Waals surface area contributed by atoms with E-state index in [1.807, 2.05) is 0 Å². The summed E-state index contributed by atoms with van der Waals surface area (Å²) in [6, 6.07) is 5.17. The normalized spacial score (nSPS) is 25.3. The summed E-state index contributed by atoms with van der Waals surface area (Å²) < 4.78 is 0. The summed E-state index contributed by atoms with van der Waals surface area (Å²) >= 11 is 0. The zero-order valence-electron chi connectivity index (χ0n) is 12.5. The Kier molecular flexibility index (Phi) is 3.70. The number of nitrogens with zero attached hydrogens (tertiary/aromatic N) is 1. The second-order valence-electron chi connectivity index (χ2n) is 6.21. The van der Waals surface area contributed by atoms with Crippen LogP contribution in [0.15, 0.2) is 18.2 Å². The molecule has 4 nitrogen and oxygen atoms in total. The van der Waals surface area contributed by atoms with Crippen molar-refractivity contribution in [1.82, 2.24) is 4.90 Å². The quantitative estimate of drug-likeness (QED) is 0.685. The average molecular weight is 286 g/mol. The highest BCUT2D eigenvalue weighted by Gasteiger charge is 2.41. The highest BCUT2D eigenvalue weighted by molar-refractivity contribution is 6.23. The molecule has 1 aliphatic carbocycles. The summed E-state index contributed by atoms with van der Waals surface area (Å²) in [7, 11) is 0. The summed E-state index contributed by atoms with van der Waals surface area (Å²) in [5, 5.41) is 0. The molecule has 4 heteroatoms. The van der Waals surface area contributed by atoms with Crippen LogP contribution >= 0.6 is 0 Å². The highest BCUT2D eigenvalue weighted by Crippen LogP contribution is 2.35. The van der Waals surface area contributed by atoms with Gasteiger partial charge in [-0.25, -0.2) is 0 Å². The number of fused-ring (bicyclic) bond motifs is 1. The van der Waals surface area contributed by atoms with E-state index in [0.29, 0.717) is 16.8 Å². The van der Waals surface area contributed by atoms with E-state index in [0.717, 1.165) is 31.6 Å². The van der Waals surface area contributed by atoms with Gasteiger partial charge in [-0.05, 0) is 43.7 Å². The lowest BCUT2D eigenvalue weighted by atomic mass is 9.83. The van der Waals surface area contributed by atoms with E-state index in [4.69, 9.17) is 5.73 Å². The zero-order chi connectivity index (χ0) is 15.0. The molecule has 1 heterocycles. The number of imide groups is 1. The molecule has 3 rings (SSSR count). The minimum Gasteiger partial charge on any atom is -0.398 e. The largest absolute Gasteiger partial charge is 0.398 e. The summed E-state index contributed by atoms with van der Waals surface area (Å²) in [5.41, 5.74) is 7.16. The molecule has 1 aromatic carbocycles. The van der Waals surface area contributed by atoms with Crippen molar-refractivity contribution < 1.29 is 9.59 Å². The van der Waals surface area contributed by atoms with E-state index < -0.39 is 0 Å². The summed E-state index contributed by atoms with van der Waals surface area (Å²) in [4.78, 5) is 26.5. The number of benzene rings is 1. The van der Waals surface area contributed by atoms with Crippen LogP contribution in [0.1, 0.15) is 66.2 Å². The van der Waals surface area contributed by atoms with Crippen molar-refractivity contribution in [3.05, 3.63) is 29.3 Å². The number of anilines is 1. The smallest absolute Gasteiger partial charge is 0.263 e. The number of nitrogen functional groups attached to an aromatic ring is 1. The maximum absolute atomic E-state index is 12.6. The molecule has 1 fully saturated rings. The third kappa shape index (κ3) is 2.33. The van der Waals surface area contributed by atoms with Gasteiger partial charge in [0, 0.05) is 11.7 Å². The number of amides is 2. The van der Waals surface area contributed by atoms with Crippen molar-refractivity contribution >= 4 is 17.5 Å². The first kappa shape index (κ1) is 14.1. The monoisotopic (exact) mass is 286 g/mol. The van der Waals surface area contributed by atoms with E-state index in [9.17, 15) is 9.59 Å². The third-order valence-corrected chi connectivity index (χ3v) is 4.86. The van der Waals surface area contributed by atoms with Crippen LogP contribution in [-0.2, 0) is 0 Å². The molecule has 0 atom stereocenters. The van der Waals surface area contributed by atoms with Crippen molar-refractivity contribution in [1.29, 1.82) is 0 Å². The van der Waals surface area contributed by atoms with Crippen LogP contribution in [0, 0.1) is 5.92 Å². The molecule has 0 radical (unpaired) electrons. The number of carbonyl (C=O) groups is 2. The lowest BCUT2D eigenvalue weighted by Crippen LogP contribution is -2.42. The second kappa shape index (κ2) is 5.51. The number of rotatable bonds is 3. The van der Waals surface area contributed by atoms with Crippen molar-refractivity contribution in [3.63, 3.8) is 0 Å². The number of hydrogen-bond donors (Lipinski definition) is 1. The molecular formula is C17H22N2O2. The molecule has 0 bridgehead atoms. The Labute approximate surface area is 125 Å². The van der Waals surface area contributed by atoms with Crippen molar-refractivity contribution in [2.45, 2.75) is 51.5 Å². The fourth-order valence-corrected chi connectivity index (χ4v) is 3.76. The Morgan fingerprint density at radius 3 is 2.48 bits per heavy atom. The molecule has 2 aliphatic rings.